The van der Waals surface area contributed by atoms with Crippen molar-refractivity contribution >= 4 is 17.8 Å². The van der Waals surface area contributed by atoms with Crippen molar-refractivity contribution in [2.45, 2.75) is 39.7 Å². The predicted octanol–water partition coefficient (Wildman–Crippen LogP) is 1.20. The fourth-order valence-electron chi connectivity index (χ4n) is 1.53. The SMILES string of the molecule is Cc1nc(NCCC(=O)NC(C)(C)C)ncc1C(=O)O. The fourth-order valence-corrected chi connectivity index (χ4v) is 1.53. The number of carboxylic acids is 1. The number of nitrogens with one attached hydrogen (secondary N) is 2. The second-order valence-corrected chi connectivity index (χ2v) is 5.47. The van der Waals surface area contributed by atoms with Crippen molar-refractivity contribution in [3.05, 3.63) is 17.5 Å². The maximum Gasteiger partial charge on any atom is 0.339 e. The van der Waals surface area contributed by atoms with Gasteiger partial charge in [0.2, 0.25) is 11.9 Å². The number of aryl methyl sites for hydroxylation is 1. The summed E-state index contributed by atoms with van der Waals surface area (Å²) in [4.78, 5) is 30.3. The van der Waals surface area contributed by atoms with Crippen LogP contribution in [0.25, 0.3) is 0 Å². The van der Waals surface area contributed by atoms with Gasteiger partial charge in [0.15, 0.2) is 0 Å². The molecule has 1 rings (SSSR count). The summed E-state index contributed by atoms with van der Waals surface area (Å²) in [7, 11) is 0. The van der Waals surface area contributed by atoms with Crippen LogP contribution in [0, 0.1) is 6.92 Å². The molecule has 1 amide bonds. The van der Waals surface area contributed by atoms with Gasteiger partial charge in [-0.25, -0.2) is 14.8 Å². The van der Waals surface area contributed by atoms with Crippen molar-refractivity contribution in [2.24, 2.45) is 0 Å². The largest absolute Gasteiger partial charge is 0.478 e. The van der Waals surface area contributed by atoms with Crippen LogP contribution in [-0.2, 0) is 4.79 Å². The van der Waals surface area contributed by atoms with Gasteiger partial charge < -0.3 is 15.7 Å². The lowest BCUT2D eigenvalue weighted by atomic mass is 10.1. The number of anilines is 1. The van der Waals surface area contributed by atoms with Gasteiger partial charge in [-0.3, -0.25) is 4.79 Å². The summed E-state index contributed by atoms with van der Waals surface area (Å²) in [6.07, 6.45) is 1.54. The van der Waals surface area contributed by atoms with Gasteiger partial charge in [0.25, 0.3) is 0 Å². The van der Waals surface area contributed by atoms with E-state index in [2.05, 4.69) is 20.6 Å². The third-order valence-electron chi connectivity index (χ3n) is 2.36. The van der Waals surface area contributed by atoms with E-state index in [0.29, 0.717) is 24.6 Å². The van der Waals surface area contributed by atoms with E-state index in [1.165, 1.54) is 6.20 Å². The molecule has 0 aliphatic heterocycles. The number of carboxylic acid groups (broad SMARTS) is 1. The van der Waals surface area contributed by atoms with E-state index in [1.807, 2.05) is 20.8 Å². The summed E-state index contributed by atoms with van der Waals surface area (Å²) < 4.78 is 0. The lowest BCUT2D eigenvalue weighted by Gasteiger charge is -2.20. The first kappa shape index (κ1) is 15.9. The van der Waals surface area contributed by atoms with Gasteiger partial charge in [-0.15, -0.1) is 0 Å². The third-order valence-corrected chi connectivity index (χ3v) is 2.36. The molecule has 0 saturated carbocycles. The van der Waals surface area contributed by atoms with Crippen molar-refractivity contribution in [3.63, 3.8) is 0 Å². The minimum Gasteiger partial charge on any atom is -0.478 e. The average molecular weight is 280 g/mol. The highest BCUT2D eigenvalue weighted by Gasteiger charge is 2.13. The van der Waals surface area contributed by atoms with Crippen LogP contribution in [0.5, 0.6) is 0 Å². The van der Waals surface area contributed by atoms with Crippen molar-refractivity contribution in [1.82, 2.24) is 15.3 Å². The molecule has 0 atom stereocenters. The van der Waals surface area contributed by atoms with E-state index in [-0.39, 0.29) is 17.0 Å². The van der Waals surface area contributed by atoms with Crippen LogP contribution >= 0.6 is 0 Å². The number of nitrogens with zero attached hydrogens (tertiary/aromatic N) is 2. The predicted molar refractivity (Wildman–Crippen MR) is 74.7 cm³/mol. The highest BCUT2D eigenvalue weighted by Crippen LogP contribution is 2.07. The van der Waals surface area contributed by atoms with E-state index in [0.717, 1.165) is 0 Å². The molecule has 110 valence electrons. The molecule has 0 aromatic carbocycles. The molecule has 0 fully saturated rings. The maximum atomic E-state index is 11.6. The van der Waals surface area contributed by atoms with Crippen LogP contribution in [0.3, 0.4) is 0 Å². The van der Waals surface area contributed by atoms with E-state index in [9.17, 15) is 9.59 Å². The zero-order valence-electron chi connectivity index (χ0n) is 12.1. The topological polar surface area (TPSA) is 104 Å². The van der Waals surface area contributed by atoms with Gasteiger partial charge in [-0.1, -0.05) is 0 Å². The molecule has 1 aromatic rings. The van der Waals surface area contributed by atoms with E-state index < -0.39 is 5.97 Å². The molecule has 0 spiro atoms. The number of hydrogen-bond acceptors (Lipinski definition) is 5. The Morgan fingerprint density at radius 1 is 1.35 bits per heavy atom. The van der Waals surface area contributed by atoms with Crippen molar-refractivity contribution < 1.29 is 14.7 Å². The summed E-state index contributed by atoms with van der Waals surface area (Å²) in [5.74, 6) is -0.807. The number of carbonyl (C=O) groups excluding carboxylic acids is 1. The Kier molecular flexibility index (Phi) is 5.01. The van der Waals surface area contributed by atoms with Crippen LogP contribution in [0.1, 0.15) is 43.2 Å². The standard InChI is InChI=1S/C13H20N4O3/c1-8-9(11(19)20)7-15-12(16-8)14-6-5-10(18)17-13(2,3)4/h7H,5-6H2,1-4H3,(H,17,18)(H,19,20)(H,14,15,16). The van der Waals surface area contributed by atoms with Crippen LogP contribution in [-0.4, -0.2) is 39.0 Å². The monoisotopic (exact) mass is 280 g/mol. The fraction of sp³-hybridized carbons (Fsp3) is 0.538. The zero-order valence-corrected chi connectivity index (χ0v) is 12.1. The third kappa shape index (κ3) is 5.21. The highest BCUT2D eigenvalue weighted by molar-refractivity contribution is 5.88. The number of aromatic nitrogens is 2. The molecular formula is C13H20N4O3. The molecule has 3 N–H and O–H groups in total. The average Bonchev–Trinajstić information content (AvgIpc) is 2.25. The molecule has 20 heavy (non-hydrogen) atoms. The summed E-state index contributed by atoms with van der Waals surface area (Å²) in [5, 5.41) is 14.6. The second-order valence-electron chi connectivity index (χ2n) is 5.47. The summed E-state index contributed by atoms with van der Waals surface area (Å²) in [5.41, 5.74) is 0.197. The van der Waals surface area contributed by atoms with Crippen LogP contribution in [0.15, 0.2) is 6.20 Å². The number of rotatable bonds is 5. The molecule has 0 unspecified atom stereocenters. The minimum absolute atomic E-state index is 0.0659. The number of carbonyl (C=O) groups is 2. The Bertz CT molecular complexity index is 509. The van der Waals surface area contributed by atoms with E-state index >= 15 is 0 Å². The minimum atomic E-state index is -1.06. The molecule has 0 bridgehead atoms. The number of aromatic carboxylic acids is 1. The molecule has 1 heterocycles. The highest BCUT2D eigenvalue weighted by atomic mass is 16.4. The van der Waals surface area contributed by atoms with Gasteiger partial charge in [-0.2, -0.15) is 0 Å². The first-order valence-corrected chi connectivity index (χ1v) is 6.31. The zero-order chi connectivity index (χ0) is 15.3. The molecule has 0 radical (unpaired) electrons. The molecular weight excluding hydrogens is 260 g/mol. The Hall–Kier alpha value is -2.18. The Labute approximate surface area is 117 Å². The number of amides is 1. The van der Waals surface area contributed by atoms with Gasteiger partial charge in [0, 0.05) is 24.7 Å². The normalized spacial score (nSPS) is 11.0. The van der Waals surface area contributed by atoms with Crippen LogP contribution in [0.2, 0.25) is 0 Å². The Morgan fingerprint density at radius 3 is 2.50 bits per heavy atom. The van der Waals surface area contributed by atoms with Crippen LogP contribution in [0.4, 0.5) is 5.95 Å². The summed E-state index contributed by atoms with van der Waals surface area (Å²) >= 11 is 0. The molecule has 7 nitrogen and oxygen atoms in total. The first-order valence-electron chi connectivity index (χ1n) is 6.31. The van der Waals surface area contributed by atoms with Crippen molar-refractivity contribution in [2.75, 3.05) is 11.9 Å². The molecule has 0 aliphatic rings. The Balaban J connectivity index is 2.49. The maximum absolute atomic E-state index is 11.6. The molecule has 7 heteroatoms. The molecule has 0 aliphatic carbocycles. The quantitative estimate of drug-likeness (QED) is 0.748. The summed E-state index contributed by atoms with van der Waals surface area (Å²) in [6.45, 7) is 7.72. The molecule has 1 aromatic heterocycles. The number of hydrogen-bond donors (Lipinski definition) is 3. The molecule has 0 saturated heterocycles. The van der Waals surface area contributed by atoms with Crippen LogP contribution < -0.4 is 10.6 Å². The van der Waals surface area contributed by atoms with Crippen molar-refractivity contribution in [1.29, 1.82) is 0 Å². The first-order chi connectivity index (χ1) is 9.19. The smallest absolute Gasteiger partial charge is 0.339 e. The van der Waals surface area contributed by atoms with Gasteiger partial charge in [0.05, 0.1) is 11.3 Å². The van der Waals surface area contributed by atoms with Gasteiger partial charge in [-0.05, 0) is 27.7 Å². The second kappa shape index (κ2) is 6.31. The lowest BCUT2D eigenvalue weighted by molar-refractivity contribution is -0.122. The summed E-state index contributed by atoms with van der Waals surface area (Å²) in [6, 6.07) is 0. The van der Waals surface area contributed by atoms with Crippen molar-refractivity contribution in [3.8, 4) is 0 Å². The lowest BCUT2D eigenvalue weighted by Crippen LogP contribution is -2.41. The van der Waals surface area contributed by atoms with E-state index in [1.54, 1.807) is 6.92 Å². The Morgan fingerprint density at radius 2 is 2.00 bits per heavy atom. The van der Waals surface area contributed by atoms with Gasteiger partial charge >= 0.3 is 5.97 Å². The van der Waals surface area contributed by atoms with E-state index in [4.69, 9.17) is 5.11 Å². The van der Waals surface area contributed by atoms with Gasteiger partial charge in [0.1, 0.15) is 0 Å².